The summed E-state index contributed by atoms with van der Waals surface area (Å²) in [7, 11) is -2.80. The molecule has 0 aliphatic carbocycles. The molecule has 18 heavy (non-hydrogen) atoms. The first-order chi connectivity index (χ1) is 8.50. The zero-order chi connectivity index (χ0) is 13.2. The van der Waals surface area contributed by atoms with Gasteiger partial charge in [0.05, 0.1) is 12.0 Å². The molecule has 0 aliphatic rings. The van der Waals surface area contributed by atoms with Crippen LogP contribution < -0.4 is 4.74 Å². The number of hydrogen-bond acceptors (Lipinski definition) is 4. The Morgan fingerprint density at radius 2 is 1.33 bits per heavy atom. The Balaban J connectivity index is 2.34. The van der Waals surface area contributed by atoms with Gasteiger partial charge < -0.3 is 9.29 Å². The molecule has 0 amide bonds. The van der Waals surface area contributed by atoms with E-state index >= 15 is 0 Å². The summed E-state index contributed by atoms with van der Waals surface area (Å²) in [5.41, 5.74) is 1.76. The summed E-state index contributed by atoms with van der Waals surface area (Å²) < 4.78 is 37.4. The lowest BCUT2D eigenvalue weighted by molar-refractivity contribution is 0.415. The molecule has 0 atom stereocenters. The van der Waals surface area contributed by atoms with Crippen molar-refractivity contribution < 1.29 is 17.7 Å². The quantitative estimate of drug-likeness (QED) is 0.797. The molecule has 0 N–H and O–H groups in total. The van der Waals surface area contributed by atoms with E-state index in [9.17, 15) is 13.0 Å². The lowest BCUT2D eigenvalue weighted by atomic mass is 10.1. The highest BCUT2D eigenvalue weighted by Gasteiger charge is 2.02. The molecule has 2 aromatic rings. The molecule has 0 saturated heterocycles. The van der Waals surface area contributed by atoms with Crippen LogP contribution in [0.4, 0.5) is 0 Å². The molecular weight excluding hydrogens is 252 g/mol. The van der Waals surface area contributed by atoms with Crippen molar-refractivity contribution in [3.8, 4) is 16.9 Å². The zero-order valence-electron chi connectivity index (χ0n) is 9.66. The van der Waals surface area contributed by atoms with E-state index in [0.717, 1.165) is 16.9 Å². The third kappa shape index (κ3) is 2.69. The van der Waals surface area contributed by atoms with Crippen LogP contribution in [0.15, 0.2) is 53.4 Å². The Hall–Kier alpha value is -1.85. The fourth-order valence-corrected chi connectivity index (χ4v) is 2.07. The molecule has 0 aromatic heterocycles. The average Bonchev–Trinajstić information content (AvgIpc) is 2.38. The lowest BCUT2D eigenvalue weighted by Crippen LogP contribution is -1.97. The van der Waals surface area contributed by atoms with Crippen molar-refractivity contribution in [2.75, 3.05) is 7.11 Å². The van der Waals surface area contributed by atoms with Gasteiger partial charge in [-0.2, -0.15) is 0 Å². The number of rotatable bonds is 3. The minimum absolute atomic E-state index is 0.222. The van der Waals surface area contributed by atoms with Gasteiger partial charge in [-0.25, -0.2) is 8.42 Å². The van der Waals surface area contributed by atoms with Crippen LogP contribution in [0.3, 0.4) is 0 Å². The Labute approximate surface area is 106 Å². The van der Waals surface area contributed by atoms with Crippen molar-refractivity contribution in [3.05, 3.63) is 48.5 Å². The van der Waals surface area contributed by atoms with Gasteiger partial charge in [-0.15, -0.1) is 0 Å². The summed E-state index contributed by atoms with van der Waals surface area (Å²) in [5, 5.41) is 0. The molecule has 0 unspecified atom stereocenters. The molecule has 0 heterocycles. The average molecular weight is 263 g/mol. The van der Waals surface area contributed by atoms with Gasteiger partial charge in [0.2, 0.25) is 0 Å². The van der Waals surface area contributed by atoms with E-state index in [1.807, 2.05) is 24.3 Å². The van der Waals surface area contributed by atoms with Crippen molar-refractivity contribution in [3.63, 3.8) is 0 Å². The number of methoxy groups -OCH3 is 1. The minimum atomic E-state index is -4.38. The predicted octanol–water partition coefficient (Wildman–Crippen LogP) is 2.27. The molecule has 94 valence electrons. The lowest BCUT2D eigenvalue weighted by Gasteiger charge is -2.08. The van der Waals surface area contributed by atoms with Gasteiger partial charge in [0.1, 0.15) is 15.9 Å². The van der Waals surface area contributed by atoms with Crippen molar-refractivity contribution in [1.29, 1.82) is 0 Å². The van der Waals surface area contributed by atoms with E-state index in [4.69, 9.17) is 4.74 Å². The molecule has 0 saturated carbocycles. The number of benzene rings is 2. The smallest absolute Gasteiger partial charge is 0.124 e. The molecule has 0 bridgehead atoms. The highest BCUT2D eigenvalue weighted by molar-refractivity contribution is 7.85. The van der Waals surface area contributed by atoms with E-state index < -0.39 is 10.1 Å². The van der Waals surface area contributed by atoms with Crippen LogP contribution in [0.25, 0.3) is 11.1 Å². The molecular formula is C13H11O4S-. The van der Waals surface area contributed by atoms with Gasteiger partial charge >= 0.3 is 0 Å². The van der Waals surface area contributed by atoms with Crippen LogP contribution >= 0.6 is 0 Å². The Bertz CT molecular complexity index is 628. The molecule has 5 heteroatoms. The summed E-state index contributed by atoms with van der Waals surface area (Å²) in [6.07, 6.45) is 0. The molecule has 2 aromatic carbocycles. The standard InChI is InChI=1S/C13H12O4S/c1-17-12-6-2-10(3-7-12)11-4-8-13(9-5-11)18(14,15)16/h2-9H,1H3,(H,14,15,16)/p-1. The normalized spacial score (nSPS) is 11.2. The third-order valence-electron chi connectivity index (χ3n) is 2.57. The van der Waals surface area contributed by atoms with Gasteiger partial charge in [0, 0.05) is 0 Å². The zero-order valence-corrected chi connectivity index (χ0v) is 10.5. The van der Waals surface area contributed by atoms with Crippen LogP contribution in [-0.2, 0) is 10.1 Å². The first-order valence-corrected chi connectivity index (χ1v) is 6.62. The van der Waals surface area contributed by atoms with Crippen LogP contribution in [0, 0.1) is 0 Å². The van der Waals surface area contributed by atoms with Gasteiger partial charge in [-0.1, -0.05) is 24.3 Å². The van der Waals surface area contributed by atoms with E-state index in [2.05, 4.69) is 0 Å². The topological polar surface area (TPSA) is 66.4 Å². The SMILES string of the molecule is COc1ccc(-c2ccc(S(=O)(=O)[O-])cc2)cc1. The molecule has 0 fully saturated rings. The highest BCUT2D eigenvalue weighted by atomic mass is 32.2. The van der Waals surface area contributed by atoms with Crippen molar-refractivity contribution in [2.24, 2.45) is 0 Å². The van der Waals surface area contributed by atoms with E-state index in [0.29, 0.717) is 0 Å². The maximum Gasteiger partial charge on any atom is 0.124 e. The van der Waals surface area contributed by atoms with Gasteiger partial charge in [0.25, 0.3) is 0 Å². The van der Waals surface area contributed by atoms with E-state index in [1.165, 1.54) is 12.1 Å². The maximum absolute atomic E-state index is 10.8. The monoisotopic (exact) mass is 263 g/mol. The van der Waals surface area contributed by atoms with Crippen LogP contribution in [0.1, 0.15) is 0 Å². The highest BCUT2D eigenvalue weighted by Crippen LogP contribution is 2.23. The van der Waals surface area contributed by atoms with E-state index in [-0.39, 0.29) is 4.90 Å². The van der Waals surface area contributed by atoms with Crippen molar-refractivity contribution >= 4 is 10.1 Å². The second kappa shape index (κ2) is 4.80. The summed E-state index contributed by atoms with van der Waals surface area (Å²) in [6, 6.07) is 13.2. The largest absolute Gasteiger partial charge is 0.744 e. The van der Waals surface area contributed by atoms with Crippen molar-refractivity contribution in [2.45, 2.75) is 4.90 Å². The fraction of sp³-hybridized carbons (Fsp3) is 0.0769. The minimum Gasteiger partial charge on any atom is -0.744 e. The number of hydrogen-bond donors (Lipinski definition) is 0. The summed E-state index contributed by atoms with van der Waals surface area (Å²) in [4.78, 5) is -0.222. The Kier molecular flexibility index (Phi) is 3.36. The number of ether oxygens (including phenoxy) is 1. The van der Waals surface area contributed by atoms with Crippen LogP contribution in [0.5, 0.6) is 5.75 Å². The van der Waals surface area contributed by atoms with Gasteiger partial charge in [-0.05, 0) is 35.4 Å². The first-order valence-electron chi connectivity index (χ1n) is 5.21. The van der Waals surface area contributed by atoms with Gasteiger partial charge in [0.15, 0.2) is 0 Å². The van der Waals surface area contributed by atoms with E-state index in [1.54, 1.807) is 19.2 Å². The first kappa shape index (κ1) is 12.6. The molecule has 2 rings (SSSR count). The fourth-order valence-electron chi connectivity index (χ4n) is 1.60. The molecule has 4 nitrogen and oxygen atoms in total. The van der Waals surface area contributed by atoms with Crippen LogP contribution in [-0.4, -0.2) is 20.1 Å². The summed E-state index contributed by atoms with van der Waals surface area (Å²) >= 11 is 0. The Morgan fingerprint density at radius 3 is 1.72 bits per heavy atom. The van der Waals surface area contributed by atoms with Gasteiger partial charge in [-0.3, -0.25) is 0 Å². The predicted molar refractivity (Wildman–Crippen MR) is 66.4 cm³/mol. The Morgan fingerprint density at radius 1 is 0.889 bits per heavy atom. The maximum atomic E-state index is 10.8. The second-order valence-electron chi connectivity index (χ2n) is 3.71. The van der Waals surface area contributed by atoms with Crippen LogP contribution in [0.2, 0.25) is 0 Å². The second-order valence-corrected chi connectivity index (χ2v) is 5.09. The molecule has 0 aliphatic heterocycles. The summed E-state index contributed by atoms with van der Waals surface area (Å²) in [5.74, 6) is 0.748. The molecule has 0 radical (unpaired) electrons. The molecule has 0 spiro atoms. The summed E-state index contributed by atoms with van der Waals surface area (Å²) in [6.45, 7) is 0. The third-order valence-corrected chi connectivity index (χ3v) is 3.42. The van der Waals surface area contributed by atoms with Crippen molar-refractivity contribution in [1.82, 2.24) is 0 Å².